The number of hydrogen-bond donors (Lipinski definition) is 0. The summed E-state index contributed by atoms with van der Waals surface area (Å²) in [6.07, 6.45) is 21.8. The molecule has 0 amide bonds. The smallest absolute Gasteiger partial charge is 0.101 e. The zero-order valence-corrected chi connectivity index (χ0v) is 15.7. The second-order valence-electron chi connectivity index (χ2n) is 9.28. The van der Waals surface area contributed by atoms with Crippen LogP contribution in [0.3, 0.4) is 0 Å². The Bertz CT molecular complexity index is 620. The molecule has 6 aliphatic carbocycles. The summed E-state index contributed by atoms with van der Waals surface area (Å²) >= 11 is 0. The molecule has 4 fully saturated rings. The van der Waals surface area contributed by atoms with Gasteiger partial charge in [0.2, 0.25) is 0 Å². The summed E-state index contributed by atoms with van der Waals surface area (Å²) < 4.78 is 11.2. The van der Waals surface area contributed by atoms with Crippen LogP contribution in [-0.4, -0.2) is 12.2 Å². The molecule has 0 N–H and O–H groups in total. The van der Waals surface area contributed by atoms with E-state index in [2.05, 4.69) is 37.5 Å². The molecule has 0 radical (unpaired) electrons. The number of ether oxygens (including phenoxy) is 2. The van der Waals surface area contributed by atoms with Gasteiger partial charge in [-0.3, -0.25) is 0 Å². The van der Waals surface area contributed by atoms with Crippen molar-refractivity contribution in [3.05, 3.63) is 50.0 Å². The van der Waals surface area contributed by atoms with Gasteiger partial charge < -0.3 is 9.47 Å². The van der Waals surface area contributed by atoms with Gasteiger partial charge >= 0.3 is 0 Å². The molecule has 10 unspecified atom stereocenters. The van der Waals surface area contributed by atoms with Gasteiger partial charge in [0, 0.05) is 5.92 Å². The predicted molar refractivity (Wildman–Crippen MR) is 104 cm³/mol. The maximum absolute atomic E-state index is 5.58. The summed E-state index contributed by atoms with van der Waals surface area (Å²) in [5, 5.41) is 0. The molecule has 0 aromatic carbocycles. The highest BCUT2D eigenvalue weighted by Gasteiger charge is 2.54. The third-order valence-electron chi connectivity index (χ3n) is 8.43. The molecule has 26 heavy (non-hydrogen) atoms. The van der Waals surface area contributed by atoms with Crippen molar-refractivity contribution in [2.45, 2.75) is 50.7 Å². The summed E-state index contributed by atoms with van der Waals surface area (Å²) in [7, 11) is 0. The molecule has 140 valence electrons. The molecule has 0 aromatic rings. The van der Waals surface area contributed by atoms with Gasteiger partial charge in [-0.25, -0.2) is 0 Å². The average Bonchev–Trinajstić information content (AvgIpc) is 3.40. The Morgan fingerprint density at radius 3 is 2.04 bits per heavy atom. The zero-order chi connectivity index (χ0) is 17.7. The summed E-state index contributed by atoms with van der Waals surface area (Å²) in [5.74, 6) is 7.08. The van der Waals surface area contributed by atoms with Gasteiger partial charge in [-0.2, -0.15) is 0 Å². The highest BCUT2D eigenvalue weighted by Crippen LogP contribution is 2.58. The average molecular weight is 353 g/mol. The lowest BCUT2D eigenvalue weighted by Crippen LogP contribution is -2.29. The third-order valence-corrected chi connectivity index (χ3v) is 8.43. The van der Waals surface area contributed by atoms with Crippen LogP contribution in [0.2, 0.25) is 0 Å². The fourth-order valence-corrected chi connectivity index (χ4v) is 7.54. The van der Waals surface area contributed by atoms with Crippen LogP contribution >= 0.6 is 0 Å². The van der Waals surface area contributed by atoms with E-state index in [1.807, 2.05) is 0 Å². The van der Waals surface area contributed by atoms with E-state index >= 15 is 0 Å². The van der Waals surface area contributed by atoms with Gasteiger partial charge in [0.25, 0.3) is 0 Å². The van der Waals surface area contributed by atoms with Crippen LogP contribution in [0.25, 0.3) is 0 Å². The maximum Gasteiger partial charge on any atom is 0.101 e. The van der Waals surface area contributed by atoms with Gasteiger partial charge in [0.1, 0.15) is 12.2 Å². The van der Waals surface area contributed by atoms with Crippen molar-refractivity contribution in [2.24, 2.45) is 47.3 Å². The van der Waals surface area contributed by atoms with E-state index in [1.165, 1.54) is 38.5 Å². The van der Waals surface area contributed by atoms with E-state index in [1.54, 1.807) is 12.5 Å². The standard InChI is InChI=1S/2C12H16O/c2*1-2-13-12-7-8-6-11(12)10-5-3-4-9(8)10/h2-3,5,8-12H,1,4,6-7H2;2-4,8-12H,1,5-7H2. The second-order valence-corrected chi connectivity index (χ2v) is 9.28. The van der Waals surface area contributed by atoms with Gasteiger partial charge in [0.15, 0.2) is 0 Å². The zero-order valence-electron chi connectivity index (χ0n) is 15.7. The molecule has 0 saturated heterocycles. The van der Waals surface area contributed by atoms with Crippen molar-refractivity contribution in [3.63, 3.8) is 0 Å². The fourth-order valence-electron chi connectivity index (χ4n) is 7.54. The summed E-state index contributed by atoms with van der Waals surface area (Å²) in [4.78, 5) is 0. The lowest BCUT2D eigenvalue weighted by Gasteiger charge is -2.30. The van der Waals surface area contributed by atoms with E-state index in [9.17, 15) is 0 Å². The first-order valence-corrected chi connectivity index (χ1v) is 10.7. The SMILES string of the molecule is C=COC1CC2CC1C1C=CCC21.C=COC1CC2CC1C1CC=CC21. The van der Waals surface area contributed by atoms with Crippen molar-refractivity contribution >= 4 is 0 Å². The van der Waals surface area contributed by atoms with E-state index < -0.39 is 0 Å². The molecule has 2 heteroatoms. The van der Waals surface area contributed by atoms with Crippen molar-refractivity contribution in [3.8, 4) is 0 Å². The molecule has 4 saturated carbocycles. The molecule has 10 atom stereocenters. The first-order chi connectivity index (χ1) is 12.8. The van der Waals surface area contributed by atoms with Gasteiger partial charge in [-0.15, -0.1) is 0 Å². The van der Waals surface area contributed by atoms with E-state index in [0.29, 0.717) is 12.2 Å². The lowest BCUT2D eigenvalue weighted by molar-refractivity contribution is 0.0539. The third kappa shape index (κ3) is 2.52. The minimum absolute atomic E-state index is 0.478. The fraction of sp³-hybridized carbons (Fsp3) is 0.667. The van der Waals surface area contributed by atoms with E-state index in [-0.39, 0.29) is 0 Å². The van der Waals surface area contributed by atoms with Crippen LogP contribution in [0.15, 0.2) is 50.0 Å². The van der Waals surface area contributed by atoms with Crippen molar-refractivity contribution in [1.29, 1.82) is 0 Å². The largest absolute Gasteiger partial charge is 0.498 e. The predicted octanol–water partition coefficient (Wildman–Crippen LogP) is 5.49. The highest BCUT2D eigenvalue weighted by molar-refractivity contribution is 5.15. The highest BCUT2D eigenvalue weighted by atomic mass is 16.5. The van der Waals surface area contributed by atoms with Crippen LogP contribution in [0, 0.1) is 47.3 Å². The van der Waals surface area contributed by atoms with Crippen LogP contribution in [0.4, 0.5) is 0 Å². The van der Waals surface area contributed by atoms with E-state index in [4.69, 9.17) is 9.47 Å². The van der Waals surface area contributed by atoms with Crippen molar-refractivity contribution < 1.29 is 9.47 Å². The first-order valence-electron chi connectivity index (χ1n) is 10.7. The molecule has 0 heterocycles. The second kappa shape index (κ2) is 6.62. The monoisotopic (exact) mass is 352 g/mol. The minimum atomic E-state index is 0.478. The number of hydrogen-bond acceptors (Lipinski definition) is 2. The summed E-state index contributed by atoms with van der Waals surface area (Å²) in [6, 6.07) is 0. The number of allylic oxidation sites excluding steroid dienone is 4. The topological polar surface area (TPSA) is 18.5 Å². The van der Waals surface area contributed by atoms with E-state index in [0.717, 1.165) is 47.3 Å². The summed E-state index contributed by atoms with van der Waals surface area (Å²) in [6.45, 7) is 7.31. The molecule has 4 bridgehead atoms. The van der Waals surface area contributed by atoms with Gasteiger partial charge in [-0.05, 0) is 80.0 Å². The molecule has 0 aromatic heterocycles. The first kappa shape index (κ1) is 16.7. The minimum Gasteiger partial charge on any atom is -0.498 e. The van der Waals surface area contributed by atoms with Crippen LogP contribution in [-0.2, 0) is 9.47 Å². The quantitative estimate of drug-likeness (QED) is 0.492. The molecular weight excluding hydrogens is 320 g/mol. The van der Waals surface area contributed by atoms with Gasteiger partial charge in [-0.1, -0.05) is 37.5 Å². The Balaban J connectivity index is 0.000000115. The van der Waals surface area contributed by atoms with Crippen LogP contribution in [0.5, 0.6) is 0 Å². The molecule has 0 aliphatic heterocycles. The Morgan fingerprint density at radius 1 is 0.654 bits per heavy atom. The Hall–Kier alpha value is -1.44. The van der Waals surface area contributed by atoms with Crippen LogP contribution < -0.4 is 0 Å². The van der Waals surface area contributed by atoms with Crippen molar-refractivity contribution in [1.82, 2.24) is 0 Å². The lowest BCUT2D eigenvalue weighted by atomic mass is 9.80. The van der Waals surface area contributed by atoms with Gasteiger partial charge in [0.05, 0.1) is 12.5 Å². The van der Waals surface area contributed by atoms with Crippen molar-refractivity contribution in [2.75, 3.05) is 0 Å². The molecular formula is C24H32O2. The Kier molecular flexibility index (Phi) is 4.26. The molecule has 6 aliphatic rings. The maximum atomic E-state index is 5.58. The molecule has 0 spiro atoms. The molecule has 6 rings (SSSR count). The van der Waals surface area contributed by atoms with Crippen LogP contribution in [0.1, 0.15) is 38.5 Å². The molecule has 2 nitrogen and oxygen atoms in total. The summed E-state index contributed by atoms with van der Waals surface area (Å²) in [5.41, 5.74) is 0. The Labute approximate surface area is 158 Å². The Morgan fingerprint density at radius 2 is 1.27 bits per heavy atom. The normalized spacial score (nSPS) is 50.9. The number of rotatable bonds is 4. The number of fused-ring (bicyclic) bond motifs is 10.